The number of hydrogen-bond acceptors (Lipinski definition) is 5. The zero-order chi connectivity index (χ0) is 25.1. The number of benzene rings is 2. The molecule has 36 heavy (non-hydrogen) atoms. The number of nitrogens with one attached hydrogen (secondary N) is 3. The highest BCUT2D eigenvalue weighted by atomic mass is 19.1. The maximum atomic E-state index is 13.1. The highest BCUT2D eigenvalue weighted by molar-refractivity contribution is 5.99. The fourth-order valence-electron chi connectivity index (χ4n) is 6.72. The van der Waals surface area contributed by atoms with Gasteiger partial charge in [-0.05, 0) is 92.5 Å². The Kier molecular flexibility index (Phi) is 6.94. The molecule has 7 nitrogen and oxygen atoms in total. The minimum Gasteiger partial charge on any atom is -0.452 e. The zero-order valence-electron chi connectivity index (χ0n) is 20.2. The molecule has 4 aliphatic carbocycles. The minimum absolute atomic E-state index is 0.200. The summed E-state index contributed by atoms with van der Waals surface area (Å²) in [7, 11) is 0. The summed E-state index contributed by atoms with van der Waals surface area (Å²) in [6.45, 7) is -0.0159. The summed E-state index contributed by atoms with van der Waals surface area (Å²) in [6, 6.07) is 12.6. The Morgan fingerprint density at radius 1 is 0.917 bits per heavy atom. The first kappa shape index (κ1) is 24.3. The van der Waals surface area contributed by atoms with Gasteiger partial charge in [-0.15, -0.1) is 0 Å². The first-order chi connectivity index (χ1) is 17.4. The van der Waals surface area contributed by atoms with Crippen molar-refractivity contribution >= 4 is 23.6 Å². The predicted molar refractivity (Wildman–Crippen MR) is 133 cm³/mol. The number of hydrogen-bond donors (Lipinski definition) is 3. The average Bonchev–Trinajstić information content (AvgIpc) is 2.83. The normalized spacial score (nSPS) is 25.8. The standard InChI is InChI=1S/C28H32FN3O4/c29-22-7-5-18(6-8-22)9-10-30-24-4-2-1-3-23(24)26(34)36-17-25(33)31-27(35)32-28-14-19-11-20(15-28)13-21(12-19)16-28/h1-8,19-21,30H,9-17H2,(H2,31,32,33,35). The maximum Gasteiger partial charge on any atom is 0.340 e. The number of amides is 3. The van der Waals surface area contributed by atoms with Crippen LogP contribution in [0, 0.1) is 23.6 Å². The molecule has 0 saturated heterocycles. The van der Waals surface area contributed by atoms with Crippen LogP contribution in [0.5, 0.6) is 0 Å². The average molecular weight is 494 g/mol. The van der Waals surface area contributed by atoms with Crippen LogP contribution in [0.15, 0.2) is 48.5 Å². The monoisotopic (exact) mass is 493 g/mol. The molecule has 0 unspecified atom stereocenters. The second kappa shape index (κ2) is 10.3. The molecular formula is C28H32FN3O4. The summed E-state index contributed by atoms with van der Waals surface area (Å²) < 4.78 is 18.3. The predicted octanol–water partition coefficient (Wildman–Crippen LogP) is 4.43. The molecule has 3 amide bonds. The Bertz CT molecular complexity index is 1100. The highest BCUT2D eigenvalue weighted by Gasteiger charge is 2.51. The van der Waals surface area contributed by atoms with Crippen molar-refractivity contribution in [2.45, 2.75) is 50.5 Å². The quantitative estimate of drug-likeness (QED) is 0.473. The molecule has 0 aromatic heterocycles. The van der Waals surface area contributed by atoms with E-state index in [1.165, 1.54) is 31.4 Å². The van der Waals surface area contributed by atoms with Crippen molar-refractivity contribution in [3.8, 4) is 0 Å². The van der Waals surface area contributed by atoms with Crippen molar-refractivity contribution < 1.29 is 23.5 Å². The Hall–Kier alpha value is -3.42. The van der Waals surface area contributed by atoms with Gasteiger partial charge in [0.1, 0.15) is 5.82 Å². The molecule has 2 aromatic carbocycles. The molecule has 0 radical (unpaired) electrons. The van der Waals surface area contributed by atoms with Crippen molar-refractivity contribution in [1.82, 2.24) is 10.6 Å². The molecule has 4 bridgehead atoms. The smallest absolute Gasteiger partial charge is 0.340 e. The van der Waals surface area contributed by atoms with Crippen LogP contribution in [-0.2, 0) is 16.0 Å². The van der Waals surface area contributed by atoms with E-state index in [9.17, 15) is 18.8 Å². The highest BCUT2D eigenvalue weighted by Crippen LogP contribution is 2.55. The van der Waals surface area contributed by atoms with E-state index in [0.29, 0.717) is 42.0 Å². The second-order valence-corrected chi connectivity index (χ2v) is 10.6. The third-order valence-electron chi connectivity index (χ3n) is 7.79. The molecule has 0 aliphatic heterocycles. The van der Waals surface area contributed by atoms with E-state index in [1.807, 2.05) is 0 Å². The fraction of sp³-hybridized carbons (Fsp3) is 0.464. The molecule has 3 N–H and O–H groups in total. The van der Waals surface area contributed by atoms with E-state index in [-0.39, 0.29) is 11.4 Å². The summed E-state index contributed by atoms with van der Waals surface area (Å²) in [5.74, 6) is 0.436. The fourth-order valence-corrected chi connectivity index (χ4v) is 6.72. The number of anilines is 1. The summed E-state index contributed by atoms with van der Waals surface area (Å²) in [6.07, 6.45) is 7.40. The number of para-hydroxylation sites is 1. The van der Waals surface area contributed by atoms with E-state index >= 15 is 0 Å². The summed E-state index contributed by atoms with van der Waals surface area (Å²) in [5.41, 5.74) is 1.63. The number of imide groups is 1. The van der Waals surface area contributed by atoms with Gasteiger partial charge in [-0.1, -0.05) is 24.3 Å². The number of rotatable bonds is 8. The third kappa shape index (κ3) is 5.69. The van der Waals surface area contributed by atoms with Crippen molar-refractivity contribution in [3.05, 3.63) is 65.5 Å². The van der Waals surface area contributed by atoms with Crippen LogP contribution in [0.3, 0.4) is 0 Å². The lowest BCUT2D eigenvalue weighted by Crippen LogP contribution is -2.62. The topological polar surface area (TPSA) is 96.5 Å². The summed E-state index contributed by atoms with van der Waals surface area (Å²) >= 11 is 0. The summed E-state index contributed by atoms with van der Waals surface area (Å²) in [5, 5.41) is 8.60. The number of esters is 1. The largest absolute Gasteiger partial charge is 0.452 e. The molecule has 0 heterocycles. The third-order valence-corrected chi connectivity index (χ3v) is 7.79. The van der Waals surface area contributed by atoms with Crippen LogP contribution in [0.4, 0.5) is 14.9 Å². The van der Waals surface area contributed by atoms with Gasteiger partial charge in [0.05, 0.1) is 5.56 Å². The van der Waals surface area contributed by atoms with Gasteiger partial charge in [0.2, 0.25) is 0 Å². The van der Waals surface area contributed by atoms with Gasteiger partial charge in [-0.3, -0.25) is 10.1 Å². The zero-order valence-corrected chi connectivity index (χ0v) is 20.2. The lowest BCUT2D eigenvalue weighted by molar-refractivity contribution is -0.123. The number of carbonyl (C=O) groups is 3. The van der Waals surface area contributed by atoms with E-state index in [0.717, 1.165) is 24.8 Å². The van der Waals surface area contributed by atoms with Crippen molar-refractivity contribution in [2.75, 3.05) is 18.5 Å². The van der Waals surface area contributed by atoms with Gasteiger partial charge >= 0.3 is 12.0 Å². The van der Waals surface area contributed by atoms with E-state index in [2.05, 4.69) is 16.0 Å². The molecular weight excluding hydrogens is 461 g/mol. The van der Waals surface area contributed by atoms with Crippen molar-refractivity contribution in [1.29, 1.82) is 0 Å². The molecule has 2 aromatic rings. The van der Waals surface area contributed by atoms with Crippen LogP contribution < -0.4 is 16.0 Å². The van der Waals surface area contributed by atoms with Gasteiger partial charge in [0.15, 0.2) is 6.61 Å². The molecule has 8 heteroatoms. The number of carbonyl (C=O) groups excluding carboxylic acids is 3. The number of halogens is 1. The van der Waals surface area contributed by atoms with Crippen molar-refractivity contribution in [2.24, 2.45) is 17.8 Å². The van der Waals surface area contributed by atoms with E-state index in [4.69, 9.17) is 4.74 Å². The van der Waals surface area contributed by atoms with Gasteiger partial charge in [0, 0.05) is 17.8 Å². The molecule has 4 saturated carbocycles. The van der Waals surface area contributed by atoms with Gasteiger partial charge in [-0.25, -0.2) is 14.0 Å². The lowest BCUT2D eigenvalue weighted by Gasteiger charge is -2.56. The van der Waals surface area contributed by atoms with Gasteiger partial charge in [0.25, 0.3) is 5.91 Å². The van der Waals surface area contributed by atoms with Gasteiger partial charge in [-0.2, -0.15) is 0 Å². The molecule has 0 spiro atoms. The van der Waals surface area contributed by atoms with Crippen molar-refractivity contribution in [3.63, 3.8) is 0 Å². The maximum absolute atomic E-state index is 13.1. The number of urea groups is 1. The first-order valence-corrected chi connectivity index (χ1v) is 12.7. The number of ether oxygens (including phenoxy) is 1. The van der Waals surface area contributed by atoms with Crippen LogP contribution in [-0.4, -0.2) is 36.6 Å². The Morgan fingerprint density at radius 2 is 1.56 bits per heavy atom. The molecule has 0 atom stereocenters. The first-order valence-electron chi connectivity index (χ1n) is 12.7. The van der Waals surface area contributed by atoms with Gasteiger partial charge < -0.3 is 15.4 Å². The minimum atomic E-state index is -0.660. The SMILES string of the molecule is O=C(COC(=O)c1ccccc1NCCc1ccc(F)cc1)NC(=O)NC12CC3CC(CC(C3)C1)C2. The summed E-state index contributed by atoms with van der Waals surface area (Å²) in [4.78, 5) is 37.5. The molecule has 6 rings (SSSR count). The molecule has 190 valence electrons. The van der Waals surface area contributed by atoms with E-state index in [1.54, 1.807) is 36.4 Å². The van der Waals surface area contributed by atoms with Crippen LogP contribution in [0.2, 0.25) is 0 Å². The molecule has 4 fully saturated rings. The molecule has 4 aliphatic rings. The van der Waals surface area contributed by atoms with E-state index < -0.39 is 24.5 Å². The Balaban J connectivity index is 1.09. The van der Waals surface area contributed by atoms with Crippen LogP contribution in [0.1, 0.15) is 54.4 Å². The lowest BCUT2D eigenvalue weighted by atomic mass is 9.53. The van der Waals surface area contributed by atoms with Crippen LogP contribution >= 0.6 is 0 Å². The Labute approximate surface area is 210 Å². The Morgan fingerprint density at radius 3 is 2.22 bits per heavy atom. The second-order valence-electron chi connectivity index (χ2n) is 10.6. The van der Waals surface area contributed by atoms with Crippen LogP contribution in [0.25, 0.3) is 0 Å².